The van der Waals surface area contributed by atoms with Gasteiger partial charge < -0.3 is 0 Å². The Balaban J connectivity index is 3.04. The Morgan fingerprint density at radius 2 is 1.35 bits per heavy atom. The van der Waals surface area contributed by atoms with E-state index in [-0.39, 0.29) is 0 Å². The number of rotatable bonds is 13. The number of unbranched alkanes of at least 4 members (excludes halogenated alkanes) is 8. The molecule has 0 aromatic heterocycles. The lowest BCUT2D eigenvalue weighted by Gasteiger charge is -2.09. The minimum Gasteiger partial charge on any atom is -0.103 e. The van der Waals surface area contributed by atoms with Crippen molar-refractivity contribution in [2.75, 3.05) is 0 Å². The van der Waals surface area contributed by atoms with Crippen LogP contribution in [0.1, 0.15) is 90.9 Å². The van der Waals surface area contributed by atoms with Gasteiger partial charge in [-0.3, -0.25) is 0 Å². The maximum absolute atomic E-state index is 3.78. The first kappa shape index (κ1) is 16.7. The zero-order chi connectivity index (χ0) is 12.8. The van der Waals surface area contributed by atoms with Gasteiger partial charge in [-0.1, -0.05) is 84.1 Å². The smallest absolute Gasteiger partial charge is 0.0351 e. The van der Waals surface area contributed by atoms with Crippen molar-refractivity contribution < 1.29 is 0 Å². The maximum Gasteiger partial charge on any atom is -0.0351 e. The minimum absolute atomic E-state index is 0.901. The van der Waals surface area contributed by atoms with Crippen molar-refractivity contribution in [1.29, 1.82) is 0 Å². The van der Waals surface area contributed by atoms with Crippen LogP contribution in [0.4, 0.5) is 0 Å². The second kappa shape index (κ2) is 13.8. The fourth-order valence-corrected chi connectivity index (χ4v) is 2.35. The normalized spacial score (nSPS) is 12.6. The summed E-state index contributed by atoms with van der Waals surface area (Å²) in [5.74, 6) is 0.901. The van der Waals surface area contributed by atoms with Gasteiger partial charge in [0.15, 0.2) is 0 Å². The molecule has 1 unspecified atom stereocenters. The Labute approximate surface area is 110 Å². The molecule has 0 radical (unpaired) electrons. The molecule has 0 aliphatic heterocycles. The van der Waals surface area contributed by atoms with Crippen LogP contribution in [0, 0.1) is 5.92 Å². The molecule has 0 heterocycles. The average molecular weight is 238 g/mol. The molecule has 0 spiro atoms. The van der Waals surface area contributed by atoms with Gasteiger partial charge in [0, 0.05) is 0 Å². The summed E-state index contributed by atoms with van der Waals surface area (Å²) in [5.41, 5.74) is 0. The summed E-state index contributed by atoms with van der Waals surface area (Å²) in [7, 11) is 0. The largest absolute Gasteiger partial charge is 0.103 e. The molecule has 1 atom stereocenters. The molecule has 102 valence electrons. The van der Waals surface area contributed by atoms with Crippen molar-refractivity contribution in [1.82, 2.24) is 0 Å². The highest BCUT2D eigenvalue weighted by Crippen LogP contribution is 2.16. The molecular weight excluding hydrogens is 204 g/mol. The third-order valence-corrected chi connectivity index (χ3v) is 3.66. The molecule has 17 heavy (non-hydrogen) atoms. The van der Waals surface area contributed by atoms with Crippen molar-refractivity contribution >= 4 is 0 Å². The molecule has 0 aromatic carbocycles. The summed E-state index contributed by atoms with van der Waals surface area (Å²) in [4.78, 5) is 0. The van der Waals surface area contributed by atoms with Crippen molar-refractivity contribution in [3.8, 4) is 0 Å². The van der Waals surface area contributed by atoms with E-state index >= 15 is 0 Å². The van der Waals surface area contributed by atoms with Gasteiger partial charge in [-0.05, 0) is 18.8 Å². The molecule has 0 nitrogen and oxygen atoms in total. The summed E-state index contributed by atoms with van der Waals surface area (Å²) < 4.78 is 0. The van der Waals surface area contributed by atoms with Crippen LogP contribution in [0.2, 0.25) is 0 Å². The lowest BCUT2D eigenvalue weighted by molar-refractivity contribution is 0.457. The van der Waals surface area contributed by atoms with Crippen LogP contribution in [-0.2, 0) is 0 Å². The highest BCUT2D eigenvalue weighted by Gasteiger charge is 2.00. The molecular formula is C17H34. The topological polar surface area (TPSA) is 0 Å². The highest BCUT2D eigenvalue weighted by atomic mass is 14.1. The van der Waals surface area contributed by atoms with Crippen molar-refractivity contribution in [2.24, 2.45) is 5.92 Å². The molecule has 0 aliphatic carbocycles. The van der Waals surface area contributed by atoms with Gasteiger partial charge in [-0.25, -0.2) is 0 Å². The summed E-state index contributed by atoms with van der Waals surface area (Å²) in [5, 5.41) is 0. The third-order valence-electron chi connectivity index (χ3n) is 3.66. The molecule has 0 N–H and O–H groups in total. The summed E-state index contributed by atoms with van der Waals surface area (Å²) in [6, 6.07) is 0. The predicted molar refractivity (Wildman–Crippen MR) is 80.4 cm³/mol. The Hall–Kier alpha value is -0.260. The van der Waals surface area contributed by atoms with E-state index in [1.165, 1.54) is 77.0 Å². The summed E-state index contributed by atoms with van der Waals surface area (Å²) in [6.45, 7) is 8.45. The lowest BCUT2D eigenvalue weighted by atomic mass is 9.97. The Bertz CT molecular complexity index is 148. The zero-order valence-corrected chi connectivity index (χ0v) is 12.3. The van der Waals surface area contributed by atoms with Gasteiger partial charge >= 0.3 is 0 Å². The quantitative estimate of drug-likeness (QED) is 0.253. The lowest BCUT2D eigenvalue weighted by Crippen LogP contribution is -1.93. The van der Waals surface area contributed by atoms with Gasteiger partial charge in [0.2, 0.25) is 0 Å². The van der Waals surface area contributed by atoms with Gasteiger partial charge in [0.1, 0.15) is 0 Å². The van der Waals surface area contributed by atoms with Crippen molar-refractivity contribution in [3.05, 3.63) is 12.7 Å². The Kier molecular flexibility index (Phi) is 13.6. The van der Waals surface area contributed by atoms with E-state index in [9.17, 15) is 0 Å². The van der Waals surface area contributed by atoms with E-state index in [4.69, 9.17) is 0 Å². The Morgan fingerprint density at radius 3 is 1.88 bits per heavy atom. The van der Waals surface area contributed by atoms with E-state index in [2.05, 4.69) is 20.4 Å². The van der Waals surface area contributed by atoms with E-state index < -0.39 is 0 Å². The van der Waals surface area contributed by atoms with Crippen LogP contribution in [0.5, 0.6) is 0 Å². The predicted octanol–water partition coefficient (Wildman–Crippen LogP) is 6.51. The molecule has 0 aromatic rings. The fraction of sp³-hybridized carbons (Fsp3) is 0.882. The van der Waals surface area contributed by atoms with Gasteiger partial charge in [0.25, 0.3) is 0 Å². The van der Waals surface area contributed by atoms with Gasteiger partial charge in [0.05, 0.1) is 0 Å². The maximum atomic E-state index is 3.78. The second-order valence-electron chi connectivity index (χ2n) is 5.59. The molecule has 0 heteroatoms. The molecule has 0 rings (SSSR count). The highest BCUT2D eigenvalue weighted by molar-refractivity contribution is 4.68. The fourth-order valence-electron chi connectivity index (χ4n) is 2.35. The molecule has 0 amide bonds. The van der Waals surface area contributed by atoms with Crippen LogP contribution in [0.25, 0.3) is 0 Å². The van der Waals surface area contributed by atoms with Crippen LogP contribution in [-0.4, -0.2) is 0 Å². The van der Waals surface area contributed by atoms with Gasteiger partial charge in [-0.2, -0.15) is 0 Å². The van der Waals surface area contributed by atoms with E-state index in [1.807, 2.05) is 6.08 Å². The average Bonchev–Trinajstić information content (AvgIpc) is 2.34. The van der Waals surface area contributed by atoms with Crippen LogP contribution >= 0.6 is 0 Å². The summed E-state index contributed by atoms with van der Waals surface area (Å²) >= 11 is 0. The molecule has 0 aliphatic rings. The minimum atomic E-state index is 0.901. The zero-order valence-electron chi connectivity index (χ0n) is 12.3. The van der Waals surface area contributed by atoms with E-state index in [0.29, 0.717) is 0 Å². The van der Waals surface area contributed by atoms with E-state index in [1.54, 1.807) is 0 Å². The van der Waals surface area contributed by atoms with Crippen LogP contribution in [0.15, 0.2) is 12.7 Å². The molecule has 0 fully saturated rings. The summed E-state index contributed by atoms with van der Waals surface area (Å²) in [6.07, 6.45) is 19.0. The van der Waals surface area contributed by atoms with E-state index in [0.717, 1.165) is 5.92 Å². The number of allylic oxidation sites excluding steroid dienone is 1. The second-order valence-corrected chi connectivity index (χ2v) is 5.59. The standard InChI is InChI=1S/C17H34/c1-4-6-8-9-10-11-12-13-14-16-17(3)15-7-5-2/h5,17H,2,4,6-16H2,1,3H3. The first-order valence-electron chi connectivity index (χ1n) is 7.92. The van der Waals surface area contributed by atoms with Crippen LogP contribution in [0.3, 0.4) is 0 Å². The molecule has 0 saturated carbocycles. The van der Waals surface area contributed by atoms with Crippen molar-refractivity contribution in [3.63, 3.8) is 0 Å². The van der Waals surface area contributed by atoms with Crippen molar-refractivity contribution in [2.45, 2.75) is 90.9 Å². The first-order chi connectivity index (χ1) is 8.31. The third kappa shape index (κ3) is 13.7. The number of hydrogen-bond donors (Lipinski definition) is 0. The molecule has 0 saturated heterocycles. The Morgan fingerprint density at radius 1 is 0.824 bits per heavy atom. The van der Waals surface area contributed by atoms with Gasteiger partial charge in [-0.15, -0.1) is 6.58 Å². The molecule has 0 bridgehead atoms. The monoisotopic (exact) mass is 238 g/mol. The van der Waals surface area contributed by atoms with Crippen LogP contribution < -0.4 is 0 Å². The number of hydrogen-bond acceptors (Lipinski definition) is 0. The SMILES string of the molecule is C=CCCC(C)CCCCCCCCCCC. The first-order valence-corrected chi connectivity index (χ1v) is 7.92.